The minimum atomic E-state index is 0.575. The highest BCUT2D eigenvalue weighted by Crippen LogP contribution is 2.40. The summed E-state index contributed by atoms with van der Waals surface area (Å²) in [5, 5.41) is 6.71. The maximum atomic E-state index is 6.56. The minimum absolute atomic E-state index is 0.575. The quantitative estimate of drug-likeness (QED) is 0.160. The molecule has 2 heterocycles. The fraction of sp³-hybridized carbons (Fsp3) is 0. The maximum Gasteiger partial charge on any atom is 0.164 e. The van der Waals surface area contributed by atoms with Crippen molar-refractivity contribution in [2.75, 3.05) is 0 Å². The van der Waals surface area contributed by atoms with Crippen LogP contribution in [-0.4, -0.2) is 15.0 Å². The molecular weight excluding hydrogens is 695 g/mol. The van der Waals surface area contributed by atoms with Crippen molar-refractivity contribution < 1.29 is 4.42 Å². The number of hydrogen-bond donors (Lipinski definition) is 0. The van der Waals surface area contributed by atoms with E-state index in [0.29, 0.717) is 17.5 Å². The van der Waals surface area contributed by atoms with E-state index < -0.39 is 0 Å². The lowest BCUT2D eigenvalue weighted by Gasteiger charge is -2.15. The summed E-state index contributed by atoms with van der Waals surface area (Å²) in [6.45, 7) is 0. The first-order valence-electron chi connectivity index (χ1n) is 19.2. The molecule has 0 bridgehead atoms. The molecule has 0 atom stereocenters. The molecule has 0 aliphatic carbocycles. The first-order valence-corrected chi connectivity index (χ1v) is 19.2. The Morgan fingerprint density at radius 3 is 1.56 bits per heavy atom. The normalized spacial score (nSPS) is 11.5. The second kappa shape index (κ2) is 13.6. The number of nitrogens with zero attached hydrogens (tertiary/aromatic N) is 3. The van der Waals surface area contributed by atoms with Gasteiger partial charge >= 0.3 is 0 Å². The lowest BCUT2D eigenvalue weighted by atomic mass is 9.92. The molecule has 0 N–H and O–H groups in total. The fourth-order valence-corrected chi connectivity index (χ4v) is 8.23. The second-order valence-electron chi connectivity index (χ2n) is 14.3. The highest BCUT2D eigenvalue weighted by Gasteiger charge is 2.19. The Labute approximate surface area is 329 Å². The van der Waals surface area contributed by atoms with Crippen LogP contribution in [0.25, 0.3) is 111 Å². The Bertz CT molecular complexity index is 3280. The summed E-state index contributed by atoms with van der Waals surface area (Å²) in [4.78, 5) is 15.8. The van der Waals surface area contributed by atoms with E-state index in [9.17, 15) is 0 Å². The van der Waals surface area contributed by atoms with E-state index >= 15 is 0 Å². The Morgan fingerprint density at radius 1 is 0.281 bits per heavy atom. The predicted octanol–water partition coefficient (Wildman–Crippen LogP) is 14.1. The summed E-state index contributed by atoms with van der Waals surface area (Å²) in [6, 6.07) is 69.8. The van der Waals surface area contributed by atoms with Gasteiger partial charge in [0, 0.05) is 27.5 Å². The van der Waals surface area contributed by atoms with Crippen molar-refractivity contribution in [2.24, 2.45) is 0 Å². The second-order valence-corrected chi connectivity index (χ2v) is 14.3. The molecule has 0 saturated heterocycles. The average Bonchev–Trinajstić information content (AvgIpc) is 3.68. The van der Waals surface area contributed by atoms with Crippen LogP contribution in [0.4, 0.5) is 0 Å². The van der Waals surface area contributed by atoms with Crippen molar-refractivity contribution in [3.63, 3.8) is 0 Å². The molecule has 9 aromatic carbocycles. The summed E-state index contributed by atoms with van der Waals surface area (Å²) in [6.07, 6.45) is 0. The van der Waals surface area contributed by atoms with E-state index in [4.69, 9.17) is 19.4 Å². The molecule has 0 spiro atoms. The Kier molecular flexibility index (Phi) is 7.78. The van der Waals surface area contributed by atoms with Gasteiger partial charge in [-0.2, -0.15) is 0 Å². The van der Waals surface area contributed by atoms with Crippen molar-refractivity contribution in [3.05, 3.63) is 200 Å². The zero-order chi connectivity index (χ0) is 37.7. The molecule has 0 aliphatic rings. The van der Waals surface area contributed by atoms with E-state index in [2.05, 4.69) is 188 Å². The third-order valence-electron chi connectivity index (χ3n) is 10.9. The number of aromatic nitrogens is 3. The van der Waals surface area contributed by atoms with Gasteiger partial charge in [0.1, 0.15) is 11.2 Å². The van der Waals surface area contributed by atoms with Gasteiger partial charge in [0.2, 0.25) is 0 Å². The lowest BCUT2D eigenvalue weighted by molar-refractivity contribution is 0.669. The van der Waals surface area contributed by atoms with Crippen LogP contribution < -0.4 is 0 Å². The van der Waals surface area contributed by atoms with Gasteiger partial charge in [-0.3, -0.25) is 0 Å². The van der Waals surface area contributed by atoms with Gasteiger partial charge in [-0.15, -0.1) is 0 Å². The summed E-state index contributed by atoms with van der Waals surface area (Å²) in [5.41, 5.74) is 11.1. The van der Waals surface area contributed by atoms with Crippen molar-refractivity contribution in [2.45, 2.75) is 0 Å². The number of rotatable bonds is 6. The largest absolute Gasteiger partial charge is 0.456 e. The minimum Gasteiger partial charge on any atom is -0.456 e. The molecule has 57 heavy (non-hydrogen) atoms. The molecule has 0 amide bonds. The highest BCUT2D eigenvalue weighted by atomic mass is 16.3. The van der Waals surface area contributed by atoms with Gasteiger partial charge in [-0.25, -0.2) is 15.0 Å². The standard InChI is InChI=1S/C53H33N3O/c1-4-15-34(16-5-1)41-29-27-38(32-46(41)36-19-8-3-9-20-36)51-54-52(56-53(55-51)47-31-37-21-10-11-22-40(37)43-23-12-13-24-44(43)47)39-28-30-45-49(33-39)57-48-26-14-25-42(50(45)48)35-17-6-2-7-18-35/h1-33H. The van der Waals surface area contributed by atoms with Crippen molar-refractivity contribution >= 4 is 43.5 Å². The molecule has 0 fully saturated rings. The molecular formula is C53H33N3O. The van der Waals surface area contributed by atoms with Crippen LogP contribution in [0.15, 0.2) is 205 Å². The highest BCUT2D eigenvalue weighted by molar-refractivity contribution is 6.14. The zero-order valence-electron chi connectivity index (χ0n) is 30.8. The van der Waals surface area contributed by atoms with E-state index in [0.717, 1.165) is 88.2 Å². The number of fused-ring (bicyclic) bond motifs is 6. The van der Waals surface area contributed by atoms with Crippen LogP contribution in [0, 0.1) is 0 Å². The summed E-state index contributed by atoms with van der Waals surface area (Å²) < 4.78 is 6.56. The summed E-state index contributed by atoms with van der Waals surface area (Å²) in [7, 11) is 0. The first-order chi connectivity index (χ1) is 28.2. The molecule has 266 valence electrons. The van der Waals surface area contributed by atoms with E-state index in [-0.39, 0.29) is 0 Å². The van der Waals surface area contributed by atoms with Gasteiger partial charge < -0.3 is 4.42 Å². The third kappa shape index (κ3) is 5.74. The molecule has 0 aliphatic heterocycles. The monoisotopic (exact) mass is 727 g/mol. The van der Waals surface area contributed by atoms with E-state index in [1.807, 2.05) is 12.1 Å². The third-order valence-corrected chi connectivity index (χ3v) is 10.9. The maximum absolute atomic E-state index is 6.56. The molecule has 4 nitrogen and oxygen atoms in total. The number of furan rings is 1. The lowest BCUT2D eigenvalue weighted by Crippen LogP contribution is -2.01. The van der Waals surface area contributed by atoms with Gasteiger partial charge in [0.05, 0.1) is 0 Å². The van der Waals surface area contributed by atoms with Gasteiger partial charge in [-0.05, 0) is 85.3 Å². The van der Waals surface area contributed by atoms with Gasteiger partial charge in [0.15, 0.2) is 17.5 Å². The molecule has 0 radical (unpaired) electrons. The zero-order valence-corrected chi connectivity index (χ0v) is 30.8. The molecule has 11 aromatic rings. The Hall–Kier alpha value is -7.69. The van der Waals surface area contributed by atoms with Gasteiger partial charge in [0.25, 0.3) is 0 Å². The molecule has 4 heteroatoms. The van der Waals surface area contributed by atoms with Gasteiger partial charge in [-0.1, -0.05) is 170 Å². The van der Waals surface area contributed by atoms with Crippen LogP contribution in [0.1, 0.15) is 0 Å². The van der Waals surface area contributed by atoms with Crippen LogP contribution in [0.2, 0.25) is 0 Å². The van der Waals surface area contributed by atoms with Crippen molar-refractivity contribution in [1.82, 2.24) is 15.0 Å². The number of benzene rings is 9. The molecule has 2 aromatic heterocycles. The van der Waals surface area contributed by atoms with Crippen molar-refractivity contribution in [3.8, 4) is 67.5 Å². The summed E-state index contributed by atoms with van der Waals surface area (Å²) in [5.74, 6) is 1.78. The van der Waals surface area contributed by atoms with Crippen LogP contribution >= 0.6 is 0 Å². The van der Waals surface area contributed by atoms with E-state index in [1.54, 1.807) is 0 Å². The Morgan fingerprint density at radius 2 is 0.842 bits per heavy atom. The molecule has 0 unspecified atom stereocenters. The van der Waals surface area contributed by atoms with Crippen molar-refractivity contribution in [1.29, 1.82) is 0 Å². The topological polar surface area (TPSA) is 51.8 Å². The molecule has 0 saturated carbocycles. The van der Waals surface area contributed by atoms with Crippen LogP contribution in [0.5, 0.6) is 0 Å². The SMILES string of the molecule is c1ccc(-c2ccc(-c3nc(-c4ccc5c(c4)oc4cccc(-c6ccccc6)c45)nc(-c4cc5ccccc5c5ccccc45)n3)cc2-c2ccccc2)cc1. The van der Waals surface area contributed by atoms with Crippen LogP contribution in [0.3, 0.4) is 0 Å². The first kappa shape index (κ1) is 32.7. The molecule has 11 rings (SSSR count). The van der Waals surface area contributed by atoms with Crippen LogP contribution in [-0.2, 0) is 0 Å². The average molecular weight is 728 g/mol. The smallest absolute Gasteiger partial charge is 0.164 e. The summed E-state index contributed by atoms with van der Waals surface area (Å²) >= 11 is 0. The number of hydrogen-bond acceptors (Lipinski definition) is 4. The Balaban J connectivity index is 1.14. The predicted molar refractivity (Wildman–Crippen MR) is 235 cm³/mol. The van der Waals surface area contributed by atoms with E-state index in [1.165, 1.54) is 5.39 Å². The fourth-order valence-electron chi connectivity index (χ4n) is 8.23.